The zero-order valence-electron chi connectivity index (χ0n) is 10.4. The van der Waals surface area contributed by atoms with Crippen LogP contribution in [-0.4, -0.2) is 30.5 Å². The van der Waals surface area contributed by atoms with Crippen LogP contribution in [0, 0.1) is 5.92 Å². The molecule has 0 amide bonds. The van der Waals surface area contributed by atoms with Crippen LogP contribution in [0.2, 0.25) is 0 Å². The highest BCUT2D eigenvalue weighted by Crippen LogP contribution is 1.94. The van der Waals surface area contributed by atoms with Gasteiger partial charge in [0, 0.05) is 5.33 Å². The van der Waals surface area contributed by atoms with Gasteiger partial charge in [0.1, 0.15) is 6.42 Å². The number of ether oxygens (including phenoxy) is 2. The smallest absolute Gasteiger partial charge is 0.317 e. The second-order valence-electron chi connectivity index (χ2n) is 3.33. The van der Waals surface area contributed by atoms with Crippen molar-refractivity contribution in [1.29, 1.82) is 0 Å². The van der Waals surface area contributed by atoms with Gasteiger partial charge < -0.3 is 9.47 Å². The van der Waals surface area contributed by atoms with Crippen molar-refractivity contribution in [2.24, 2.45) is 5.92 Å². The minimum absolute atomic E-state index is 0.290. The van der Waals surface area contributed by atoms with Crippen molar-refractivity contribution in [2.45, 2.75) is 34.1 Å². The largest absolute Gasteiger partial charge is 0.466 e. The number of alkyl halides is 1. The van der Waals surface area contributed by atoms with Gasteiger partial charge in [-0.15, -0.1) is 0 Å². The van der Waals surface area contributed by atoms with E-state index in [9.17, 15) is 9.59 Å². The fraction of sp³-hybridized carbons (Fsp3) is 0.818. The molecule has 0 spiro atoms. The van der Waals surface area contributed by atoms with E-state index in [2.05, 4.69) is 39.3 Å². The van der Waals surface area contributed by atoms with Gasteiger partial charge in [0.25, 0.3) is 0 Å². The molecule has 0 bridgehead atoms. The van der Waals surface area contributed by atoms with Crippen LogP contribution in [0.25, 0.3) is 0 Å². The van der Waals surface area contributed by atoms with Crippen molar-refractivity contribution in [1.82, 2.24) is 0 Å². The van der Waals surface area contributed by atoms with Gasteiger partial charge in [-0.3, -0.25) is 9.59 Å². The summed E-state index contributed by atoms with van der Waals surface area (Å²) in [4.78, 5) is 21.2. The molecule has 0 radical (unpaired) electrons. The topological polar surface area (TPSA) is 52.6 Å². The van der Waals surface area contributed by atoms with Crippen LogP contribution in [0.1, 0.15) is 34.1 Å². The van der Waals surface area contributed by atoms with Gasteiger partial charge >= 0.3 is 11.9 Å². The quantitative estimate of drug-likeness (QED) is 0.444. The zero-order chi connectivity index (χ0) is 13.0. The summed E-state index contributed by atoms with van der Waals surface area (Å²) in [6.45, 7) is 8.30. The van der Waals surface area contributed by atoms with Gasteiger partial charge in [0.05, 0.1) is 13.2 Å². The van der Waals surface area contributed by atoms with E-state index < -0.39 is 11.9 Å². The molecule has 0 aliphatic carbocycles. The van der Waals surface area contributed by atoms with Crippen molar-refractivity contribution < 1.29 is 19.1 Å². The van der Waals surface area contributed by atoms with E-state index in [0.717, 1.165) is 11.2 Å². The van der Waals surface area contributed by atoms with Crippen LogP contribution in [0.5, 0.6) is 0 Å². The van der Waals surface area contributed by atoms with Gasteiger partial charge in [-0.25, -0.2) is 0 Å². The van der Waals surface area contributed by atoms with Crippen molar-refractivity contribution in [3.05, 3.63) is 0 Å². The van der Waals surface area contributed by atoms with E-state index in [1.165, 1.54) is 0 Å². The minimum Gasteiger partial charge on any atom is -0.466 e. The summed E-state index contributed by atoms with van der Waals surface area (Å²) in [5, 5.41) is 1.12. The minimum atomic E-state index is -0.536. The maximum absolute atomic E-state index is 10.6. The maximum Gasteiger partial charge on any atom is 0.317 e. The lowest BCUT2D eigenvalue weighted by Gasteiger charge is -2.00. The molecule has 0 atom stereocenters. The Hall–Kier alpha value is -0.580. The van der Waals surface area contributed by atoms with Gasteiger partial charge in [-0.05, 0) is 19.8 Å². The SMILES string of the molecule is CC(C)CBr.CCOC(=O)CC(=O)OCC. The van der Waals surface area contributed by atoms with Crippen LogP contribution < -0.4 is 0 Å². The third-order valence-electron chi connectivity index (χ3n) is 1.21. The van der Waals surface area contributed by atoms with Crippen LogP contribution in [0.15, 0.2) is 0 Å². The molecule has 5 heteroatoms. The Labute approximate surface area is 106 Å². The normalized spacial score (nSPS) is 9.12. The number of hydrogen-bond acceptors (Lipinski definition) is 4. The highest BCUT2D eigenvalue weighted by atomic mass is 79.9. The summed E-state index contributed by atoms with van der Waals surface area (Å²) in [6.07, 6.45) is -0.290. The third-order valence-corrected chi connectivity index (χ3v) is 2.50. The molecule has 16 heavy (non-hydrogen) atoms. The molecule has 0 rings (SSSR count). The monoisotopic (exact) mass is 296 g/mol. The van der Waals surface area contributed by atoms with Crippen LogP contribution in [0.4, 0.5) is 0 Å². The van der Waals surface area contributed by atoms with Crippen molar-refractivity contribution >= 4 is 27.9 Å². The summed E-state index contributed by atoms with van der Waals surface area (Å²) in [7, 11) is 0. The first-order valence-electron chi connectivity index (χ1n) is 5.35. The Morgan fingerprint density at radius 1 is 1.06 bits per heavy atom. The predicted octanol–water partition coefficient (Wildman–Crippen LogP) is 2.54. The summed E-state index contributed by atoms with van der Waals surface area (Å²) in [5.41, 5.74) is 0. The lowest BCUT2D eigenvalue weighted by atomic mass is 10.3. The predicted molar refractivity (Wildman–Crippen MR) is 66.5 cm³/mol. The summed E-state index contributed by atoms with van der Waals surface area (Å²) < 4.78 is 9.04. The molecule has 0 N–H and O–H groups in total. The van der Waals surface area contributed by atoms with Crippen LogP contribution in [0.3, 0.4) is 0 Å². The molecule has 0 aromatic rings. The first-order valence-corrected chi connectivity index (χ1v) is 6.47. The van der Waals surface area contributed by atoms with Gasteiger partial charge in [0.15, 0.2) is 0 Å². The Balaban J connectivity index is 0. The van der Waals surface area contributed by atoms with Crippen molar-refractivity contribution in [3.63, 3.8) is 0 Å². The van der Waals surface area contributed by atoms with E-state index in [-0.39, 0.29) is 19.6 Å². The number of esters is 2. The molecule has 96 valence electrons. The zero-order valence-corrected chi connectivity index (χ0v) is 12.0. The molecule has 0 saturated carbocycles. The van der Waals surface area contributed by atoms with Crippen LogP contribution in [-0.2, 0) is 19.1 Å². The number of carbonyl (C=O) groups is 2. The van der Waals surface area contributed by atoms with Crippen molar-refractivity contribution in [2.75, 3.05) is 18.5 Å². The van der Waals surface area contributed by atoms with Gasteiger partial charge in [0.2, 0.25) is 0 Å². The molecule has 0 heterocycles. The maximum atomic E-state index is 10.6. The van der Waals surface area contributed by atoms with Gasteiger partial charge in [-0.1, -0.05) is 29.8 Å². The highest BCUT2D eigenvalue weighted by molar-refractivity contribution is 9.09. The summed E-state index contributed by atoms with van der Waals surface area (Å²) in [5.74, 6) is -0.271. The average Bonchev–Trinajstić information content (AvgIpc) is 2.19. The fourth-order valence-corrected chi connectivity index (χ4v) is 0.542. The molecule has 0 fully saturated rings. The van der Waals surface area contributed by atoms with E-state index in [1.54, 1.807) is 13.8 Å². The Bertz CT molecular complexity index is 176. The molecule has 0 aliphatic rings. The molecule has 0 saturated heterocycles. The summed E-state index contributed by atoms with van der Waals surface area (Å²) >= 11 is 3.31. The summed E-state index contributed by atoms with van der Waals surface area (Å²) in [6, 6.07) is 0. The number of hydrogen-bond donors (Lipinski definition) is 0. The molecule has 0 aromatic heterocycles. The van der Waals surface area contributed by atoms with Crippen LogP contribution >= 0.6 is 15.9 Å². The van der Waals surface area contributed by atoms with E-state index in [0.29, 0.717) is 0 Å². The van der Waals surface area contributed by atoms with Crippen molar-refractivity contribution in [3.8, 4) is 0 Å². The standard InChI is InChI=1S/C7H12O4.C4H9Br/c1-3-10-6(8)5-7(9)11-4-2;1-4(2)3-5/h3-5H2,1-2H3;4H,3H2,1-2H3. The fourth-order valence-electron chi connectivity index (χ4n) is 0.542. The average molecular weight is 297 g/mol. The Morgan fingerprint density at radius 3 is 1.56 bits per heavy atom. The first kappa shape index (κ1) is 17.8. The van der Waals surface area contributed by atoms with E-state index in [4.69, 9.17) is 0 Å². The molecular formula is C11H21BrO4. The first-order chi connectivity index (χ1) is 7.47. The molecule has 0 aliphatic heterocycles. The molecule has 0 aromatic carbocycles. The molecular weight excluding hydrogens is 276 g/mol. The third kappa shape index (κ3) is 15.9. The second-order valence-corrected chi connectivity index (χ2v) is 3.98. The lowest BCUT2D eigenvalue weighted by Crippen LogP contribution is -2.13. The Morgan fingerprint density at radius 2 is 1.38 bits per heavy atom. The van der Waals surface area contributed by atoms with Gasteiger partial charge in [-0.2, -0.15) is 0 Å². The Kier molecular flexibility index (Phi) is 13.9. The van der Waals surface area contributed by atoms with E-state index in [1.807, 2.05) is 0 Å². The molecule has 4 nitrogen and oxygen atoms in total. The number of carbonyl (C=O) groups excluding carboxylic acids is 2. The second kappa shape index (κ2) is 12.5. The highest BCUT2D eigenvalue weighted by Gasteiger charge is 2.09. The lowest BCUT2D eigenvalue weighted by molar-refractivity contribution is -0.153. The van der Waals surface area contributed by atoms with E-state index >= 15 is 0 Å². The number of halogens is 1. The number of rotatable bonds is 5. The molecule has 0 unspecified atom stereocenters.